The highest BCUT2D eigenvalue weighted by atomic mass is 35.5. The molecule has 3 rings (SSSR count). The third-order valence-electron chi connectivity index (χ3n) is 4.67. The Morgan fingerprint density at radius 2 is 2.10 bits per heavy atom. The van der Waals surface area contributed by atoms with Gasteiger partial charge in [-0.2, -0.15) is 0 Å². The fourth-order valence-electron chi connectivity index (χ4n) is 2.98. The predicted octanol–water partition coefficient (Wildman–Crippen LogP) is 4.20. The fraction of sp³-hybridized carbons (Fsp3) is 0.300. The first-order chi connectivity index (χ1) is 13.9. The molecule has 1 aliphatic rings. The van der Waals surface area contributed by atoms with Crippen molar-refractivity contribution in [2.75, 3.05) is 25.0 Å². The van der Waals surface area contributed by atoms with E-state index >= 15 is 0 Å². The van der Waals surface area contributed by atoms with E-state index in [4.69, 9.17) is 28.3 Å². The van der Waals surface area contributed by atoms with Crippen molar-refractivity contribution in [3.8, 4) is 0 Å². The van der Waals surface area contributed by atoms with Crippen LogP contribution in [-0.4, -0.2) is 45.8 Å². The molecule has 2 aromatic rings. The van der Waals surface area contributed by atoms with Crippen LogP contribution in [-0.2, 0) is 6.67 Å². The van der Waals surface area contributed by atoms with E-state index < -0.39 is 19.4 Å². The van der Waals surface area contributed by atoms with Crippen molar-refractivity contribution < 1.29 is 19.4 Å². The lowest BCUT2D eigenvalue weighted by Gasteiger charge is -2.27. The summed E-state index contributed by atoms with van der Waals surface area (Å²) in [6, 6.07) is 5.96. The number of nitrogens with one attached hydrogen (secondary N) is 1. The summed E-state index contributed by atoms with van der Waals surface area (Å²) in [6.45, 7) is -0.237. The first-order valence-electron chi connectivity index (χ1n) is 8.97. The largest absolute Gasteiger partial charge is 0.393 e. The standard InChI is InChI=1S/C20H20Cl2FN3O3/c21-16-8-15(2-1-13(16)9-23)25-20(29)26-5-3-12(4-6-26)19-17(22)7-14(10-24-19)18(28)11-27/h1-3,7-8,10,18,27-28H,4-6,9,11H2,(H,25,29)/t18-/m0/s1. The van der Waals surface area contributed by atoms with Gasteiger partial charge < -0.3 is 20.4 Å². The number of carbonyl (C=O) groups is 1. The minimum Gasteiger partial charge on any atom is -0.393 e. The fourth-order valence-corrected chi connectivity index (χ4v) is 3.51. The highest BCUT2D eigenvalue weighted by Gasteiger charge is 2.21. The van der Waals surface area contributed by atoms with Crippen LogP contribution >= 0.6 is 23.2 Å². The molecule has 0 radical (unpaired) electrons. The maximum atomic E-state index is 12.7. The molecular formula is C20H20Cl2FN3O3. The van der Waals surface area contributed by atoms with E-state index in [0.29, 0.717) is 47.0 Å². The van der Waals surface area contributed by atoms with Gasteiger partial charge in [0.25, 0.3) is 0 Å². The molecular weight excluding hydrogens is 420 g/mol. The molecule has 0 aliphatic carbocycles. The van der Waals surface area contributed by atoms with Gasteiger partial charge in [0.2, 0.25) is 0 Å². The second-order valence-electron chi connectivity index (χ2n) is 6.59. The van der Waals surface area contributed by atoms with Crippen LogP contribution in [0.2, 0.25) is 10.0 Å². The highest BCUT2D eigenvalue weighted by molar-refractivity contribution is 6.32. The molecule has 2 amide bonds. The van der Waals surface area contributed by atoms with Crippen LogP contribution in [0.3, 0.4) is 0 Å². The molecule has 0 unspecified atom stereocenters. The molecule has 0 saturated heterocycles. The number of rotatable bonds is 5. The Hall–Kier alpha value is -2.19. The summed E-state index contributed by atoms with van der Waals surface area (Å²) in [5.74, 6) is 0. The second kappa shape index (κ2) is 9.54. The molecule has 1 aromatic heterocycles. The number of nitrogens with zero attached hydrogens (tertiary/aromatic N) is 2. The third kappa shape index (κ3) is 5.05. The Bertz CT molecular complexity index is 939. The van der Waals surface area contributed by atoms with Crippen molar-refractivity contribution in [1.82, 2.24) is 9.88 Å². The number of anilines is 1. The van der Waals surface area contributed by atoms with Gasteiger partial charge in [0, 0.05) is 41.1 Å². The SMILES string of the molecule is O=C(Nc1ccc(CF)c(Cl)c1)N1CC=C(c2ncc([C@@H](O)CO)cc2Cl)CC1. The maximum Gasteiger partial charge on any atom is 0.322 e. The van der Waals surface area contributed by atoms with E-state index in [2.05, 4.69) is 10.3 Å². The first kappa shape index (κ1) is 21.5. The maximum absolute atomic E-state index is 12.7. The van der Waals surface area contributed by atoms with Crippen molar-refractivity contribution >= 4 is 40.5 Å². The van der Waals surface area contributed by atoms with Crippen LogP contribution in [0.1, 0.15) is 29.3 Å². The average molecular weight is 440 g/mol. The smallest absolute Gasteiger partial charge is 0.322 e. The molecule has 2 heterocycles. The van der Waals surface area contributed by atoms with Gasteiger partial charge in [0.05, 0.1) is 17.3 Å². The molecule has 9 heteroatoms. The second-order valence-corrected chi connectivity index (χ2v) is 7.41. The number of benzene rings is 1. The molecule has 29 heavy (non-hydrogen) atoms. The Morgan fingerprint density at radius 3 is 2.69 bits per heavy atom. The van der Waals surface area contributed by atoms with Gasteiger partial charge in [0.15, 0.2) is 0 Å². The zero-order chi connectivity index (χ0) is 21.0. The van der Waals surface area contributed by atoms with E-state index in [1.807, 2.05) is 6.08 Å². The molecule has 0 fully saturated rings. The van der Waals surface area contributed by atoms with Crippen molar-refractivity contribution in [2.45, 2.75) is 19.2 Å². The molecule has 1 aromatic carbocycles. The van der Waals surface area contributed by atoms with Crippen LogP contribution in [0.4, 0.5) is 14.9 Å². The number of alkyl halides is 1. The summed E-state index contributed by atoms with van der Waals surface area (Å²) in [5.41, 5.74) is 2.80. The Labute approximate surface area is 177 Å². The zero-order valence-electron chi connectivity index (χ0n) is 15.4. The molecule has 1 aliphatic heterocycles. The molecule has 154 valence electrons. The van der Waals surface area contributed by atoms with Crippen molar-refractivity contribution in [3.05, 3.63) is 63.4 Å². The molecule has 3 N–H and O–H groups in total. The number of hydrogen-bond acceptors (Lipinski definition) is 4. The van der Waals surface area contributed by atoms with Gasteiger partial charge >= 0.3 is 6.03 Å². The summed E-state index contributed by atoms with van der Waals surface area (Å²) in [7, 11) is 0. The lowest BCUT2D eigenvalue weighted by Crippen LogP contribution is -2.38. The zero-order valence-corrected chi connectivity index (χ0v) is 16.9. The van der Waals surface area contributed by atoms with Crippen LogP contribution < -0.4 is 5.32 Å². The van der Waals surface area contributed by atoms with E-state index in [1.165, 1.54) is 18.3 Å². The van der Waals surface area contributed by atoms with Gasteiger partial charge in [-0.3, -0.25) is 4.98 Å². The summed E-state index contributed by atoms with van der Waals surface area (Å²) in [4.78, 5) is 18.4. The van der Waals surface area contributed by atoms with Crippen molar-refractivity contribution in [1.29, 1.82) is 0 Å². The van der Waals surface area contributed by atoms with Gasteiger partial charge in [-0.05, 0) is 30.2 Å². The first-order valence-corrected chi connectivity index (χ1v) is 9.72. The monoisotopic (exact) mass is 439 g/mol. The van der Waals surface area contributed by atoms with E-state index in [-0.39, 0.29) is 11.1 Å². The summed E-state index contributed by atoms with van der Waals surface area (Å²) in [5, 5.41) is 22.1. The summed E-state index contributed by atoms with van der Waals surface area (Å²) < 4.78 is 12.7. The van der Waals surface area contributed by atoms with Gasteiger partial charge in [-0.15, -0.1) is 0 Å². The van der Waals surface area contributed by atoms with Gasteiger partial charge in [-0.1, -0.05) is 35.3 Å². The highest BCUT2D eigenvalue weighted by Crippen LogP contribution is 2.29. The predicted molar refractivity (Wildman–Crippen MR) is 111 cm³/mol. The third-order valence-corrected chi connectivity index (χ3v) is 5.31. The molecule has 1 atom stereocenters. The number of aliphatic hydroxyl groups excluding tert-OH is 2. The van der Waals surface area contributed by atoms with Gasteiger partial charge in [-0.25, -0.2) is 9.18 Å². The summed E-state index contributed by atoms with van der Waals surface area (Å²) in [6.07, 6.45) is 2.88. The number of halogens is 3. The van der Waals surface area contributed by atoms with Crippen LogP contribution in [0.15, 0.2) is 36.5 Å². The lowest BCUT2D eigenvalue weighted by molar-refractivity contribution is 0.0953. The molecule has 0 spiro atoms. The number of urea groups is 1. The molecule has 6 nitrogen and oxygen atoms in total. The number of amides is 2. The van der Waals surface area contributed by atoms with Gasteiger partial charge in [0.1, 0.15) is 12.8 Å². The average Bonchev–Trinajstić information content (AvgIpc) is 2.73. The Kier molecular flexibility index (Phi) is 7.08. The van der Waals surface area contributed by atoms with E-state index in [0.717, 1.165) is 5.57 Å². The number of hydrogen-bond donors (Lipinski definition) is 3. The summed E-state index contributed by atoms with van der Waals surface area (Å²) >= 11 is 12.3. The number of aromatic nitrogens is 1. The Balaban J connectivity index is 1.66. The topological polar surface area (TPSA) is 85.7 Å². The molecule has 0 bridgehead atoms. The minimum absolute atomic E-state index is 0.265. The number of carbonyl (C=O) groups excluding carboxylic acids is 1. The van der Waals surface area contributed by atoms with E-state index in [1.54, 1.807) is 17.0 Å². The van der Waals surface area contributed by atoms with Crippen molar-refractivity contribution in [3.63, 3.8) is 0 Å². The van der Waals surface area contributed by atoms with Crippen molar-refractivity contribution in [2.24, 2.45) is 0 Å². The van der Waals surface area contributed by atoms with E-state index in [9.17, 15) is 14.3 Å². The number of aliphatic hydroxyl groups is 2. The molecule has 0 saturated carbocycles. The lowest BCUT2D eigenvalue weighted by atomic mass is 10.0. The quantitative estimate of drug-likeness (QED) is 0.651. The number of pyridine rings is 1. The normalized spacial score (nSPS) is 15.1. The van der Waals surface area contributed by atoms with Crippen LogP contribution in [0, 0.1) is 0 Å². The van der Waals surface area contributed by atoms with Crippen LogP contribution in [0.5, 0.6) is 0 Å². The Morgan fingerprint density at radius 1 is 1.31 bits per heavy atom. The van der Waals surface area contributed by atoms with Crippen LogP contribution in [0.25, 0.3) is 5.57 Å². The minimum atomic E-state index is -1.03.